The van der Waals surface area contributed by atoms with Crippen LogP contribution < -0.4 is 5.32 Å². The fourth-order valence-electron chi connectivity index (χ4n) is 4.80. The minimum atomic E-state index is -0.357. The van der Waals surface area contributed by atoms with E-state index < -0.39 is 0 Å². The second-order valence-corrected chi connectivity index (χ2v) is 7.37. The summed E-state index contributed by atoms with van der Waals surface area (Å²) in [5.41, 5.74) is -0.566. The number of carbonyl (C=O) groups is 2. The zero-order chi connectivity index (χ0) is 16.3. The Morgan fingerprint density at radius 1 is 1.09 bits per heavy atom. The Balaban J connectivity index is 1.77. The molecule has 5 heteroatoms. The predicted molar refractivity (Wildman–Crippen MR) is 87.7 cm³/mol. The Morgan fingerprint density at radius 2 is 1.70 bits per heavy atom. The summed E-state index contributed by atoms with van der Waals surface area (Å²) in [6, 6.07) is 0. The molecule has 2 spiro atoms. The molecule has 0 aromatic rings. The van der Waals surface area contributed by atoms with E-state index in [0.717, 1.165) is 51.4 Å². The van der Waals surface area contributed by atoms with E-state index in [-0.39, 0.29) is 23.1 Å². The molecule has 0 radical (unpaired) electrons. The van der Waals surface area contributed by atoms with Crippen LogP contribution in [0, 0.1) is 0 Å². The summed E-state index contributed by atoms with van der Waals surface area (Å²) >= 11 is 0. The van der Waals surface area contributed by atoms with Crippen LogP contribution in [-0.2, 0) is 14.3 Å². The third-order valence-electron chi connectivity index (χ3n) is 5.88. The van der Waals surface area contributed by atoms with Crippen LogP contribution >= 0.6 is 0 Å². The number of rotatable bonds is 4. The number of amides is 1. The number of esters is 1. The number of nitrogens with one attached hydrogen (secondary N) is 1. The highest BCUT2D eigenvalue weighted by molar-refractivity contribution is 5.90. The highest BCUT2D eigenvalue weighted by Crippen LogP contribution is 2.44. The minimum Gasteiger partial charge on any atom is -0.466 e. The van der Waals surface area contributed by atoms with Crippen LogP contribution in [0.1, 0.15) is 77.6 Å². The van der Waals surface area contributed by atoms with Gasteiger partial charge in [-0.05, 0) is 45.4 Å². The number of nitrogens with zero attached hydrogens (tertiary/aromatic N) is 1. The van der Waals surface area contributed by atoms with Gasteiger partial charge in [-0.2, -0.15) is 0 Å². The monoisotopic (exact) mass is 322 g/mol. The lowest BCUT2D eigenvalue weighted by Gasteiger charge is -2.42. The molecular formula is C18H30N2O3. The quantitative estimate of drug-likeness (QED) is 0.809. The number of hydrogen-bond donors (Lipinski definition) is 1. The lowest BCUT2D eigenvalue weighted by molar-refractivity contribution is -0.145. The van der Waals surface area contributed by atoms with E-state index in [0.29, 0.717) is 19.6 Å². The van der Waals surface area contributed by atoms with Gasteiger partial charge in [-0.1, -0.05) is 25.7 Å². The van der Waals surface area contributed by atoms with Crippen molar-refractivity contribution in [2.24, 2.45) is 0 Å². The maximum atomic E-state index is 13.2. The Hall–Kier alpha value is -1.10. The molecule has 0 aromatic carbocycles. The summed E-state index contributed by atoms with van der Waals surface area (Å²) in [4.78, 5) is 27.0. The van der Waals surface area contributed by atoms with Gasteiger partial charge in [-0.3, -0.25) is 14.9 Å². The first kappa shape index (κ1) is 16.7. The molecule has 0 bridgehead atoms. The van der Waals surface area contributed by atoms with Crippen LogP contribution in [0.4, 0.5) is 0 Å². The van der Waals surface area contributed by atoms with Crippen LogP contribution in [0.15, 0.2) is 0 Å². The van der Waals surface area contributed by atoms with E-state index in [1.54, 1.807) is 0 Å². The molecule has 1 N–H and O–H groups in total. The average molecular weight is 322 g/mol. The third kappa shape index (κ3) is 3.12. The Kier molecular flexibility index (Phi) is 4.95. The van der Waals surface area contributed by atoms with Gasteiger partial charge in [0.1, 0.15) is 0 Å². The molecule has 23 heavy (non-hydrogen) atoms. The lowest BCUT2D eigenvalue weighted by Crippen LogP contribution is -2.56. The van der Waals surface area contributed by atoms with Gasteiger partial charge in [0.2, 0.25) is 5.91 Å². The van der Waals surface area contributed by atoms with Gasteiger partial charge in [-0.15, -0.1) is 0 Å². The molecule has 1 aliphatic heterocycles. The summed E-state index contributed by atoms with van der Waals surface area (Å²) in [7, 11) is 0. The van der Waals surface area contributed by atoms with Crippen molar-refractivity contribution in [3.8, 4) is 0 Å². The second kappa shape index (κ2) is 6.80. The van der Waals surface area contributed by atoms with E-state index >= 15 is 0 Å². The maximum Gasteiger partial charge on any atom is 0.307 e. The van der Waals surface area contributed by atoms with Crippen molar-refractivity contribution in [2.75, 3.05) is 13.2 Å². The summed E-state index contributed by atoms with van der Waals surface area (Å²) in [6.45, 7) is 2.71. The highest BCUT2D eigenvalue weighted by Gasteiger charge is 2.58. The van der Waals surface area contributed by atoms with Gasteiger partial charge >= 0.3 is 5.97 Å². The molecule has 2 aliphatic carbocycles. The first-order valence-corrected chi connectivity index (χ1v) is 9.39. The standard InChI is InChI=1S/C18H30N2O3/c1-2-23-15(21)9-14-20-16(22)17(10-5-3-6-11-17)19-18(20)12-7-4-8-13-18/h19H,2-14H2,1H3. The van der Waals surface area contributed by atoms with Gasteiger partial charge in [0.05, 0.1) is 24.2 Å². The van der Waals surface area contributed by atoms with Crippen molar-refractivity contribution in [3.63, 3.8) is 0 Å². The van der Waals surface area contributed by atoms with Gasteiger partial charge in [-0.25, -0.2) is 0 Å². The summed E-state index contributed by atoms with van der Waals surface area (Å²) in [5, 5.41) is 3.80. The molecule has 5 nitrogen and oxygen atoms in total. The van der Waals surface area contributed by atoms with E-state index in [9.17, 15) is 9.59 Å². The predicted octanol–water partition coefficient (Wildman–Crippen LogP) is 2.73. The molecule has 0 unspecified atom stereocenters. The highest BCUT2D eigenvalue weighted by atomic mass is 16.5. The van der Waals surface area contributed by atoms with Crippen molar-refractivity contribution < 1.29 is 14.3 Å². The van der Waals surface area contributed by atoms with E-state index in [1.165, 1.54) is 12.8 Å². The minimum absolute atomic E-state index is 0.198. The van der Waals surface area contributed by atoms with E-state index in [1.807, 2.05) is 11.8 Å². The maximum absolute atomic E-state index is 13.2. The Morgan fingerprint density at radius 3 is 2.30 bits per heavy atom. The largest absolute Gasteiger partial charge is 0.466 e. The lowest BCUT2D eigenvalue weighted by atomic mass is 9.81. The first-order valence-electron chi connectivity index (χ1n) is 9.39. The topological polar surface area (TPSA) is 58.6 Å². The molecule has 1 saturated heterocycles. The molecule has 1 heterocycles. The SMILES string of the molecule is CCOC(=O)CCN1C(=O)C2(CCCCC2)NC12CCCCC2. The van der Waals surface area contributed by atoms with E-state index in [2.05, 4.69) is 5.32 Å². The normalized spacial score (nSPS) is 26.0. The molecule has 0 aromatic heterocycles. The number of carbonyl (C=O) groups excluding carboxylic acids is 2. The third-order valence-corrected chi connectivity index (χ3v) is 5.88. The van der Waals surface area contributed by atoms with Crippen LogP contribution in [0.25, 0.3) is 0 Å². The molecule has 0 atom stereocenters. The van der Waals surface area contributed by atoms with Crippen LogP contribution in [0.3, 0.4) is 0 Å². The summed E-state index contributed by atoms with van der Waals surface area (Å²) in [5.74, 6) is 0.0410. The molecular weight excluding hydrogens is 292 g/mol. The smallest absolute Gasteiger partial charge is 0.307 e. The number of ether oxygens (including phenoxy) is 1. The van der Waals surface area contributed by atoms with Crippen molar-refractivity contribution in [1.82, 2.24) is 10.2 Å². The summed E-state index contributed by atoms with van der Waals surface area (Å²) in [6.07, 6.45) is 11.3. The van der Waals surface area contributed by atoms with Crippen molar-refractivity contribution in [2.45, 2.75) is 88.8 Å². The van der Waals surface area contributed by atoms with Gasteiger partial charge in [0, 0.05) is 6.54 Å². The molecule has 2 saturated carbocycles. The van der Waals surface area contributed by atoms with Crippen molar-refractivity contribution >= 4 is 11.9 Å². The molecule has 3 rings (SSSR count). The molecule has 3 fully saturated rings. The molecule has 130 valence electrons. The van der Waals surface area contributed by atoms with Crippen LogP contribution in [0.2, 0.25) is 0 Å². The zero-order valence-corrected chi connectivity index (χ0v) is 14.4. The summed E-state index contributed by atoms with van der Waals surface area (Å²) < 4.78 is 5.05. The zero-order valence-electron chi connectivity index (χ0n) is 14.4. The van der Waals surface area contributed by atoms with E-state index in [4.69, 9.17) is 4.74 Å². The van der Waals surface area contributed by atoms with Crippen LogP contribution in [0.5, 0.6) is 0 Å². The first-order chi connectivity index (χ1) is 11.1. The fraction of sp³-hybridized carbons (Fsp3) is 0.889. The van der Waals surface area contributed by atoms with Crippen molar-refractivity contribution in [3.05, 3.63) is 0 Å². The van der Waals surface area contributed by atoms with Gasteiger partial charge < -0.3 is 9.64 Å². The average Bonchev–Trinajstić information content (AvgIpc) is 2.76. The van der Waals surface area contributed by atoms with Gasteiger partial charge in [0.25, 0.3) is 0 Å². The Bertz CT molecular complexity index is 451. The van der Waals surface area contributed by atoms with Crippen LogP contribution in [-0.4, -0.2) is 41.1 Å². The fourth-order valence-corrected chi connectivity index (χ4v) is 4.80. The second-order valence-electron chi connectivity index (χ2n) is 7.37. The van der Waals surface area contributed by atoms with Gasteiger partial charge in [0.15, 0.2) is 0 Å². The molecule has 3 aliphatic rings. The number of hydrogen-bond acceptors (Lipinski definition) is 4. The Labute approximate surface area is 139 Å². The molecule has 1 amide bonds. The van der Waals surface area contributed by atoms with Crippen molar-refractivity contribution in [1.29, 1.82) is 0 Å².